The number of halogens is 3. The molecular weight excluding hydrogens is 372 g/mol. The van der Waals surface area contributed by atoms with E-state index in [0.29, 0.717) is 11.5 Å². The molecule has 2 unspecified atom stereocenters. The van der Waals surface area contributed by atoms with Gasteiger partial charge in [0.2, 0.25) is 6.10 Å². The van der Waals surface area contributed by atoms with E-state index in [1.165, 1.54) is 12.1 Å². The summed E-state index contributed by atoms with van der Waals surface area (Å²) in [5.41, 5.74) is 0.206. The Kier molecular flexibility index (Phi) is 5.34. The minimum absolute atomic E-state index is 0.109. The first-order chi connectivity index (χ1) is 12.0. The van der Waals surface area contributed by atoms with Crippen LogP contribution >= 0.6 is 23.4 Å². The maximum absolute atomic E-state index is 12.7. The third kappa shape index (κ3) is 3.99. The van der Waals surface area contributed by atoms with E-state index in [4.69, 9.17) is 21.1 Å². The topological polar surface area (TPSA) is 47.6 Å². The van der Waals surface area contributed by atoms with Gasteiger partial charge in [-0.3, -0.25) is 4.79 Å². The van der Waals surface area contributed by atoms with E-state index in [2.05, 4.69) is 5.32 Å². The van der Waals surface area contributed by atoms with E-state index in [0.717, 1.165) is 0 Å². The van der Waals surface area contributed by atoms with Crippen molar-refractivity contribution in [1.29, 1.82) is 0 Å². The molecule has 0 fully saturated rings. The van der Waals surface area contributed by atoms with Crippen LogP contribution in [-0.4, -0.2) is 23.9 Å². The average Bonchev–Trinajstić information content (AvgIpc) is 2.57. The predicted molar refractivity (Wildman–Crippen MR) is 92.9 cm³/mol. The zero-order chi connectivity index (χ0) is 18.0. The summed E-state index contributed by atoms with van der Waals surface area (Å²) in [4.78, 5) is 12.7. The summed E-state index contributed by atoms with van der Waals surface area (Å²) < 4.78 is 36.9. The molecule has 2 aromatic carbocycles. The van der Waals surface area contributed by atoms with E-state index in [1.54, 1.807) is 37.3 Å². The van der Waals surface area contributed by atoms with Gasteiger partial charge >= 0.3 is 0 Å². The van der Waals surface area contributed by atoms with Crippen molar-refractivity contribution < 1.29 is 23.0 Å². The Morgan fingerprint density at radius 1 is 1.16 bits per heavy atom. The number of nitrogens with one attached hydrogen (secondary N) is 1. The Morgan fingerprint density at radius 2 is 1.84 bits per heavy atom. The van der Waals surface area contributed by atoms with Crippen molar-refractivity contribution in [3.63, 3.8) is 0 Å². The highest BCUT2D eigenvalue weighted by Crippen LogP contribution is 2.38. The van der Waals surface area contributed by atoms with E-state index in [9.17, 15) is 13.6 Å². The summed E-state index contributed by atoms with van der Waals surface area (Å²) in [5.74, 6) is -2.15. The van der Waals surface area contributed by atoms with Gasteiger partial charge in [0.15, 0.2) is 11.5 Å². The number of anilines is 1. The zero-order valence-corrected chi connectivity index (χ0v) is 14.6. The fourth-order valence-corrected chi connectivity index (χ4v) is 3.34. The van der Waals surface area contributed by atoms with Gasteiger partial charge in [0.05, 0.1) is 15.6 Å². The average molecular weight is 386 g/mol. The van der Waals surface area contributed by atoms with Gasteiger partial charge in [0, 0.05) is 0 Å². The molecular formula is C17H14ClF2NO3S. The van der Waals surface area contributed by atoms with Crippen molar-refractivity contribution in [2.24, 2.45) is 0 Å². The van der Waals surface area contributed by atoms with Crippen LogP contribution in [0.5, 0.6) is 11.5 Å². The number of para-hydroxylation sites is 2. The Hall–Kier alpha value is -1.99. The second-order valence-corrected chi connectivity index (χ2v) is 6.70. The standard InChI is InChI=1S/C17H14ClF2NO3S/c1-9-14(24-13-8-3-2-7-12(13)23-9)16(22)21-11-6-4-5-10(18)15(11)25-17(19)20/h2-9,14,17H,1H3,(H,21,22). The van der Waals surface area contributed by atoms with E-state index >= 15 is 0 Å². The Morgan fingerprint density at radius 3 is 2.52 bits per heavy atom. The molecule has 4 nitrogen and oxygen atoms in total. The summed E-state index contributed by atoms with van der Waals surface area (Å²) in [7, 11) is 0. The van der Waals surface area contributed by atoms with Gasteiger partial charge in [0.25, 0.3) is 11.7 Å². The number of hydrogen-bond donors (Lipinski definition) is 1. The van der Waals surface area contributed by atoms with Gasteiger partial charge in [-0.15, -0.1) is 0 Å². The minimum Gasteiger partial charge on any atom is -0.482 e. The minimum atomic E-state index is -2.66. The molecule has 0 radical (unpaired) electrons. The fraction of sp³-hybridized carbons (Fsp3) is 0.235. The lowest BCUT2D eigenvalue weighted by atomic mass is 10.1. The fourth-order valence-electron chi connectivity index (χ4n) is 2.43. The summed E-state index contributed by atoms with van der Waals surface area (Å²) >= 11 is 6.25. The highest BCUT2D eigenvalue weighted by molar-refractivity contribution is 7.99. The molecule has 132 valence electrons. The molecule has 0 saturated carbocycles. The summed E-state index contributed by atoms with van der Waals surface area (Å²) in [6, 6.07) is 11.6. The molecule has 2 atom stereocenters. The quantitative estimate of drug-likeness (QED) is 0.766. The first kappa shape index (κ1) is 17.8. The molecule has 0 aromatic heterocycles. The highest BCUT2D eigenvalue weighted by atomic mass is 35.5. The monoisotopic (exact) mass is 385 g/mol. The van der Waals surface area contributed by atoms with Crippen molar-refractivity contribution in [2.75, 3.05) is 5.32 Å². The number of fused-ring (bicyclic) bond motifs is 1. The molecule has 0 aliphatic carbocycles. The summed E-state index contributed by atoms with van der Waals surface area (Å²) in [5, 5.41) is 2.75. The highest BCUT2D eigenvalue weighted by Gasteiger charge is 2.34. The molecule has 1 heterocycles. The van der Waals surface area contributed by atoms with Crippen LogP contribution in [-0.2, 0) is 4.79 Å². The van der Waals surface area contributed by atoms with Gasteiger partial charge < -0.3 is 14.8 Å². The molecule has 1 N–H and O–H groups in total. The number of alkyl halides is 2. The van der Waals surface area contributed by atoms with Crippen LogP contribution in [0.4, 0.5) is 14.5 Å². The molecule has 1 aliphatic rings. The van der Waals surface area contributed by atoms with E-state index in [1.807, 2.05) is 0 Å². The van der Waals surface area contributed by atoms with Crippen LogP contribution in [0.25, 0.3) is 0 Å². The Balaban J connectivity index is 1.80. The lowest BCUT2D eigenvalue weighted by Gasteiger charge is -2.31. The van der Waals surface area contributed by atoms with Crippen molar-refractivity contribution in [1.82, 2.24) is 0 Å². The lowest BCUT2D eigenvalue weighted by Crippen LogP contribution is -2.46. The molecule has 25 heavy (non-hydrogen) atoms. The van der Waals surface area contributed by atoms with Crippen LogP contribution < -0.4 is 14.8 Å². The van der Waals surface area contributed by atoms with E-state index < -0.39 is 23.9 Å². The lowest BCUT2D eigenvalue weighted by molar-refractivity contribution is -0.128. The van der Waals surface area contributed by atoms with Gasteiger partial charge in [-0.2, -0.15) is 8.78 Å². The Bertz CT molecular complexity index is 790. The van der Waals surface area contributed by atoms with Gasteiger partial charge in [-0.25, -0.2) is 0 Å². The third-order valence-corrected chi connectivity index (χ3v) is 4.81. The zero-order valence-electron chi connectivity index (χ0n) is 13.0. The number of carbonyl (C=O) groups is 1. The summed E-state index contributed by atoms with van der Waals surface area (Å²) in [6.45, 7) is 1.70. The number of amides is 1. The maximum Gasteiger partial charge on any atom is 0.289 e. The first-order valence-corrected chi connectivity index (χ1v) is 8.68. The Labute approximate surface area is 152 Å². The number of thioether (sulfide) groups is 1. The molecule has 3 rings (SSSR count). The molecule has 0 saturated heterocycles. The number of carbonyl (C=O) groups excluding carboxylic acids is 1. The first-order valence-electron chi connectivity index (χ1n) is 7.42. The molecule has 0 bridgehead atoms. The van der Waals surface area contributed by atoms with Gasteiger partial charge in [-0.05, 0) is 31.2 Å². The van der Waals surface area contributed by atoms with Crippen LogP contribution in [0.3, 0.4) is 0 Å². The molecule has 1 aliphatic heterocycles. The molecule has 1 amide bonds. The number of ether oxygens (including phenoxy) is 2. The van der Waals surface area contributed by atoms with E-state index in [-0.39, 0.29) is 27.4 Å². The van der Waals surface area contributed by atoms with Crippen LogP contribution in [0.15, 0.2) is 47.4 Å². The second-order valence-electron chi connectivity index (χ2n) is 5.29. The van der Waals surface area contributed by atoms with Crippen molar-refractivity contribution in [3.05, 3.63) is 47.5 Å². The van der Waals surface area contributed by atoms with Crippen molar-refractivity contribution in [3.8, 4) is 11.5 Å². The SMILES string of the molecule is CC1Oc2ccccc2OC1C(=O)Nc1cccc(Cl)c1SC(F)F. The summed E-state index contributed by atoms with van der Waals surface area (Å²) in [6.07, 6.45) is -1.46. The molecule has 8 heteroatoms. The van der Waals surface area contributed by atoms with Gasteiger partial charge in [-0.1, -0.05) is 41.6 Å². The van der Waals surface area contributed by atoms with Crippen molar-refractivity contribution in [2.45, 2.75) is 29.8 Å². The maximum atomic E-state index is 12.7. The largest absolute Gasteiger partial charge is 0.482 e. The normalized spacial score (nSPS) is 18.9. The number of hydrogen-bond acceptors (Lipinski definition) is 4. The van der Waals surface area contributed by atoms with Gasteiger partial charge in [0.1, 0.15) is 6.10 Å². The number of rotatable bonds is 4. The predicted octanol–water partition coefficient (Wildman–Crippen LogP) is 4.82. The van der Waals surface area contributed by atoms with Crippen LogP contribution in [0.2, 0.25) is 5.02 Å². The number of benzene rings is 2. The smallest absolute Gasteiger partial charge is 0.289 e. The molecule has 0 spiro atoms. The second kappa shape index (κ2) is 7.49. The molecule has 2 aromatic rings. The van der Waals surface area contributed by atoms with Crippen molar-refractivity contribution >= 4 is 35.0 Å². The van der Waals surface area contributed by atoms with Crippen LogP contribution in [0, 0.1) is 0 Å². The third-order valence-electron chi connectivity index (χ3n) is 3.53. The van der Waals surface area contributed by atoms with Crippen LogP contribution in [0.1, 0.15) is 6.92 Å².